The van der Waals surface area contributed by atoms with Crippen LogP contribution in [0.2, 0.25) is 5.02 Å². The Morgan fingerprint density at radius 3 is 2.78 bits per heavy atom. The van der Waals surface area contributed by atoms with E-state index in [-0.39, 0.29) is 40.5 Å². The van der Waals surface area contributed by atoms with Crippen molar-refractivity contribution in [1.82, 2.24) is 10.0 Å². The molecule has 146 valence electrons. The number of nitrogens with one attached hydrogen (secondary N) is 2. The molecule has 0 saturated heterocycles. The lowest BCUT2D eigenvalue weighted by Crippen LogP contribution is -2.39. The number of halogens is 2. The number of fused-ring (bicyclic) bond motifs is 1. The number of hydrogen-bond acceptors (Lipinski definition) is 5. The van der Waals surface area contributed by atoms with Crippen LogP contribution in [-0.4, -0.2) is 34.6 Å². The van der Waals surface area contributed by atoms with Gasteiger partial charge < -0.3 is 10.1 Å². The predicted molar refractivity (Wildman–Crippen MR) is 106 cm³/mol. The minimum Gasteiger partial charge on any atom is -0.465 e. The topological polar surface area (TPSA) is 84.5 Å². The van der Waals surface area contributed by atoms with Gasteiger partial charge in [0.05, 0.1) is 17.6 Å². The molecule has 0 saturated carbocycles. The minimum atomic E-state index is -3.91. The lowest BCUT2D eigenvalue weighted by atomic mass is 9.95. The van der Waals surface area contributed by atoms with Crippen molar-refractivity contribution >= 4 is 40.0 Å². The van der Waals surface area contributed by atoms with Crippen molar-refractivity contribution in [3.63, 3.8) is 0 Å². The molecule has 27 heavy (non-hydrogen) atoms. The average molecular weight is 431 g/mol. The highest BCUT2D eigenvalue weighted by molar-refractivity contribution is 7.89. The summed E-state index contributed by atoms with van der Waals surface area (Å²) >= 11 is 5.89. The Kier molecular flexibility index (Phi) is 7.25. The largest absolute Gasteiger partial charge is 0.465 e. The quantitative estimate of drug-likeness (QED) is 0.712. The van der Waals surface area contributed by atoms with Crippen LogP contribution < -0.4 is 10.0 Å². The van der Waals surface area contributed by atoms with Crippen molar-refractivity contribution in [3.05, 3.63) is 64.2 Å². The van der Waals surface area contributed by atoms with Gasteiger partial charge in [0.2, 0.25) is 10.0 Å². The standard InChI is InChI=1S/C18H19ClN2O4S.ClH/c1-25-18(22)15-10-13(19)6-7-17(15)26(23,24)21-11-16-14-5-3-2-4-12(14)8-9-20-16;/h2-7,10,16,20-21H,8-9,11H2,1H3;1H. The summed E-state index contributed by atoms with van der Waals surface area (Å²) < 4.78 is 32.7. The van der Waals surface area contributed by atoms with Gasteiger partial charge in [0.1, 0.15) is 0 Å². The summed E-state index contributed by atoms with van der Waals surface area (Å²) in [5.74, 6) is -0.756. The number of esters is 1. The first-order valence-corrected chi connectivity index (χ1v) is 9.97. The predicted octanol–water partition coefficient (Wildman–Crippen LogP) is 2.71. The smallest absolute Gasteiger partial charge is 0.339 e. The Balaban J connectivity index is 0.00000261. The third kappa shape index (κ3) is 4.80. The Morgan fingerprint density at radius 1 is 1.30 bits per heavy atom. The summed E-state index contributed by atoms with van der Waals surface area (Å²) in [6.07, 6.45) is 0.906. The zero-order chi connectivity index (χ0) is 18.7. The van der Waals surface area contributed by atoms with Crippen molar-refractivity contribution in [2.75, 3.05) is 20.2 Å². The molecule has 0 radical (unpaired) electrons. The number of ether oxygens (including phenoxy) is 1. The number of rotatable bonds is 5. The van der Waals surface area contributed by atoms with Crippen LogP contribution in [0.3, 0.4) is 0 Å². The fraction of sp³-hybridized carbons (Fsp3) is 0.278. The summed E-state index contributed by atoms with van der Waals surface area (Å²) in [6, 6.07) is 11.8. The number of benzene rings is 2. The minimum absolute atomic E-state index is 0. The molecule has 1 unspecified atom stereocenters. The molecule has 9 heteroatoms. The van der Waals surface area contributed by atoms with Crippen molar-refractivity contribution in [1.29, 1.82) is 0 Å². The maximum atomic E-state index is 12.7. The highest BCUT2D eigenvalue weighted by Crippen LogP contribution is 2.24. The van der Waals surface area contributed by atoms with Crippen LogP contribution in [0.4, 0.5) is 0 Å². The van der Waals surface area contributed by atoms with E-state index in [1.807, 2.05) is 24.3 Å². The van der Waals surface area contributed by atoms with Crippen molar-refractivity contribution < 1.29 is 17.9 Å². The molecule has 0 amide bonds. The Morgan fingerprint density at radius 2 is 2.04 bits per heavy atom. The third-order valence-corrected chi connectivity index (χ3v) is 6.05. The molecule has 6 nitrogen and oxygen atoms in total. The first kappa shape index (κ1) is 21.7. The number of hydrogen-bond donors (Lipinski definition) is 2. The van der Waals surface area contributed by atoms with E-state index in [0.717, 1.165) is 18.5 Å². The molecule has 1 heterocycles. The summed E-state index contributed by atoms with van der Waals surface area (Å²) in [6.45, 7) is 0.945. The van der Waals surface area contributed by atoms with E-state index in [4.69, 9.17) is 11.6 Å². The van der Waals surface area contributed by atoms with Crippen molar-refractivity contribution in [2.24, 2.45) is 0 Å². The van der Waals surface area contributed by atoms with Crippen molar-refractivity contribution in [3.8, 4) is 0 Å². The molecule has 1 atom stereocenters. The van der Waals surface area contributed by atoms with Gasteiger partial charge in [-0.25, -0.2) is 17.9 Å². The van der Waals surface area contributed by atoms with Gasteiger partial charge in [-0.1, -0.05) is 35.9 Å². The lowest BCUT2D eigenvalue weighted by molar-refractivity contribution is 0.0596. The van der Waals surface area contributed by atoms with Crippen LogP contribution >= 0.6 is 24.0 Å². The fourth-order valence-corrected chi connectivity index (χ4v) is 4.44. The molecule has 0 fully saturated rings. The summed E-state index contributed by atoms with van der Waals surface area (Å²) in [7, 11) is -2.72. The molecule has 0 aliphatic carbocycles. The van der Waals surface area contributed by atoms with Gasteiger partial charge in [0, 0.05) is 17.6 Å². The SMILES string of the molecule is COC(=O)c1cc(Cl)ccc1S(=O)(=O)NCC1NCCc2ccccc21.Cl. The number of carbonyl (C=O) groups is 1. The summed E-state index contributed by atoms with van der Waals surface area (Å²) in [4.78, 5) is 11.8. The fourth-order valence-electron chi connectivity index (χ4n) is 3.05. The van der Waals surface area contributed by atoms with E-state index >= 15 is 0 Å². The molecule has 0 spiro atoms. The molecular formula is C18H20Cl2N2O4S. The van der Waals surface area contributed by atoms with E-state index in [1.54, 1.807) is 0 Å². The zero-order valence-corrected chi connectivity index (χ0v) is 17.0. The van der Waals surface area contributed by atoms with E-state index in [9.17, 15) is 13.2 Å². The van der Waals surface area contributed by atoms with Gasteiger partial charge in [-0.15, -0.1) is 12.4 Å². The summed E-state index contributed by atoms with van der Waals surface area (Å²) in [5, 5.41) is 3.57. The van der Waals surface area contributed by atoms with Gasteiger partial charge in [0.15, 0.2) is 0 Å². The Labute approximate surface area is 169 Å². The first-order valence-electron chi connectivity index (χ1n) is 8.11. The molecule has 3 rings (SSSR count). The normalized spacial score (nSPS) is 16.1. The van der Waals surface area contributed by atoms with Gasteiger partial charge in [-0.3, -0.25) is 0 Å². The number of carbonyl (C=O) groups excluding carboxylic acids is 1. The molecular weight excluding hydrogens is 411 g/mol. The van der Waals surface area contributed by atoms with Crippen LogP contribution in [-0.2, 0) is 21.2 Å². The van der Waals surface area contributed by atoms with Crippen LogP contribution in [0.1, 0.15) is 27.5 Å². The molecule has 1 aliphatic heterocycles. The highest BCUT2D eigenvalue weighted by Gasteiger charge is 2.26. The second-order valence-electron chi connectivity index (χ2n) is 5.94. The van der Waals surface area contributed by atoms with Crippen LogP contribution in [0.25, 0.3) is 0 Å². The highest BCUT2D eigenvalue weighted by atomic mass is 35.5. The number of methoxy groups -OCH3 is 1. The van der Waals surface area contributed by atoms with Gasteiger partial charge in [-0.05, 0) is 42.3 Å². The zero-order valence-electron chi connectivity index (χ0n) is 14.6. The monoisotopic (exact) mass is 430 g/mol. The van der Waals surface area contributed by atoms with Crippen LogP contribution in [0.5, 0.6) is 0 Å². The molecule has 2 aromatic rings. The van der Waals surface area contributed by atoms with Gasteiger partial charge in [0.25, 0.3) is 0 Å². The maximum Gasteiger partial charge on any atom is 0.339 e. The molecule has 0 aromatic heterocycles. The second kappa shape index (κ2) is 9.03. The molecule has 2 aromatic carbocycles. The Hall–Kier alpha value is -1.64. The first-order chi connectivity index (χ1) is 12.4. The molecule has 2 N–H and O–H groups in total. The molecule has 0 bridgehead atoms. The van der Waals surface area contributed by atoms with E-state index in [1.165, 1.54) is 30.9 Å². The van der Waals surface area contributed by atoms with Crippen LogP contribution in [0.15, 0.2) is 47.4 Å². The Bertz CT molecular complexity index is 935. The molecule has 1 aliphatic rings. The average Bonchev–Trinajstić information content (AvgIpc) is 2.65. The van der Waals surface area contributed by atoms with Gasteiger partial charge >= 0.3 is 5.97 Å². The summed E-state index contributed by atoms with van der Waals surface area (Å²) in [5.41, 5.74) is 2.19. The third-order valence-electron chi connectivity index (χ3n) is 4.33. The maximum absolute atomic E-state index is 12.7. The number of sulfonamides is 1. The van der Waals surface area contributed by atoms with Gasteiger partial charge in [-0.2, -0.15) is 0 Å². The second-order valence-corrected chi connectivity index (χ2v) is 8.11. The van der Waals surface area contributed by atoms with Crippen LogP contribution in [0, 0.1) is 0 Å². The van der Waals surface area contributed by atoms with E-state index in [2.05, 4.69) is 14.8 Å². The lowest BCUT2D eigenvalue weighted by Gasteiger charge is -2.27. The van der Waals surface area contributed by atoms with Crippen molar-refractivity contribution in [2.45, 2.75) is 17.4 Å². The van der Waals surface area contributed by atoms with E-state index < -0.39 is 16.0 Å². The van der Waals surface area contributed by atoms with E-state index in [0.29, 0.717) is 0 Å².